The van der Waals surface area contributed by atoms with Gasteiger partial charge < -0.3 is 9.84 Å². The molecule has 5 heteroatoms. The highest BCUT2D eigenvalue weighted by atomic mass is 19.1. The molecule has 2 atom stereocenters. The molecule has 1 aromatic rings. The first-order valence-corrected chi connectivity index (χ1v) is 6.56. The molecule has 4 nitrogen and oxygen atoms in total. The van der Waals surface area contributed by atoms with Crippen LogP contribution in [0.25, 0.3) is 0 Å². The van der Waals surface area contributed by atoms with Crippen LogP contribution in [-0.4, -0.2) is 23.5 Å². The van der Waals surface area contributed by atoms with Crippen molar-refractivity contribution < 1.29 is 19.0 Å². The van der Waals surface area contributed by atoms with Crippen LogP contribution in [0.2, 0.25) is 0 Å². The molecule has 2 rings (SSSR count). The summed E-state index contributed by atoms with van der Waals surface area (Å²) in [6, 6.07) is 6.02. The minimum atomic E-state index is -1.08. The quantitative estimate of drug-likeness (QED) is 0.635. The van der Waals surface area contributed by atoms with Gasteiger partial charge in [-0.25, -0.2) is 9.18 Å². The van der Waals surface area contributed by atoms with Crippen LogP contribution in [-0.2, 0) is 4.74 Å². The molecular formula is C14H18FNO3. The third-order valence-electron chi connectivity index (χ3n) is 3.24. The maximum absolute atomic E-state index is 13.7. The Morgan fingerprint density at radius 2 is 1.89 bits per heavy atom. The maximum atomic E-state index is 13.7. The number of hydrogen-bond donors (Lipinski definition) is 2. The van der Waals surface area contributed by atoms with E-state index in [9.17, 15) is 9.18 Å². The van der Waals surface area contributed by atoms with E-state index in [1.54, 1.807) is 12.1 Å². The number of amides is 1. The van der Waals surface area contributed by atoms with Gasteiger partial charge in [-0.15, -0.1) is 0 Å². The molecule has 1 amide bonds. The number of phenolic OH excluding ortho intramolecular Hbond substituents is 1. The SMILES string of the molecule is O=C(Nc1ccc(O)cc1)O[C@H]1CCCCC[C@@H]1F. The molecule has 0 bridgehead atoms. The van der Waals surface area contributed by atoms with Crippen molar-refractivity contribution in [1.29, 1.82) is 0 Å². The van der Waals surface area contributed by atoms with Gasteiger partial charge in [0.05, 0.1) is 0 Å². The number of phenols is 1. The minimum absolute atomic E-state index is 0.117. The summed E-state index contributed by atoms with van der Waals surface area (Å²) in [6.07, 6.45) is 1.37. The van der Waals surface area contributed by atoms with E-state index in [0.29, 0.717) is 18.5 Å². The zero-order chi connectivity index (χ0) is 13.7. The third-order valence-corrected chi connectivity index (χ3v) is 3.24. The number of benzene rings is 1. The van der Waals surface area contributed by atoms with Crippen LogP contribution in [0.4, 0.5) is 14.9 Å². The fourth-order valence-electron chi connectivity index (χ4n) is 2.19. The predicted molar refractivity (Wildman–Crippen MR) is 70.0 cm³/mol. The maximum Gasteiger partial charge on any atom is 0.411 e. The van der Waals surface area contributed by atoms with Gasteiger partial charge in [0.25, 0.3) is 0 Å². The normalized spacial score (nSPS) is 23.4. The standard InChI is InChI=1S/C14H18FNO3/c15-12-4-2-1-3-5-13(12)19-14(18)16-10-6-8-11(17)9-7-10/h6-9,12-13,17H,1-5H2,(H,16,18)/t12-,13-/m0/s1. The minimum Gasteiger partial charge on any atom is -0.508 e. The van der Waals surface area contributed by atoms with E-state index in [4.69, 9.17) is 9.84 Å². The summed E-state index contributed by atoms with van der Waals surface area (Å²) in [6.45, 7) is 0. The van der Waals surface area contributed by atoms with Crippen molar-refractivity contribution in [2.45, 2.75) is 44.4 Å². The van der Waals surface area contributed by atoms with Gasteiger partial charge in [0.15, 0.2) is 0 Å². The van der Waals surface area contributed by atoms with Crippen molar-refractivity contribution in [3.63, 3.8) is 0 Å². The molecule has 104 valence electrons. The summed E-state index contributed by atoms with van der Waals surface area (Å²) in [5.41, 5.74) is 0.506. The van der Waals surface area contributed by atoms with Crippen molar-refractivity contribution in [2.75, 3.05) is 5.32 Å². The molecule has 0 spiro atoms. The predicted octanol–water partition coefficient (Wildman–Crippen LogP) is 3.61. The van der Waals surface area contributed by atoms with Gasteiger partial charge in [0.2, 0.25) is 0 Å². The summed E-state index contributed by atoms with van der Waals surface area (Å²) >= 11 is 0. The average molecular weight is 267 g/mol. The van der Waals surface area contributed by atoms with Gasteiger partial charge in [-0.1, -0.05) is 12.8 Å². The lowest BCUT2D eigenvalue weighted by Gasteiger charge is -2.19. The Labute approximate surface area is 111 Å². The van der Waals surface area contributed by atoms with E-state index in [2.05, 4.69) is 5.32 Å². The van der Waals surface area contributed by atoms with E-state index in [1.165, 1.54) is 12.1 Å². The Morgan fingerprint density at radius 3 is 2.63 bits per heavy atom. The van der Waals surface area contributed by atoms with Crippen molar-refractivity contribution in [2.24, 2.45) is 0 Å². The second-order valence-corrected chi connectivity index (χ2v) is 4.77. The molecule has 1 saturated carbocycles. The Kier molecular flexibility index (Phi) is 4.60. The topological polar surface area (TPSA) is 58.6 Å². The van der Waals surface area contributed by atoms with Gasteiger partial charge in [-0.3, -0.25) is 5.32 Å². The number of nitrogens with one attached hydrogen (secondary N) is 1. The number of rotatable bonds is 2. The molecule has 1 aliphatic rings. The molecule has 1 aromatic carbocycles. The highest BCUT2D eigenvalue weighted by Crippen LogP contribution is 2.23. The first kappa shape index (κ1) is 13.6. The van der Waals surface area contributed by atoms with Gasteiger partial charge in [-0.05, 0) is 43.5 Å². The molecule has 0 unspecified atom stereocenters. The zero-order valence-electron chi connectivity index (χ0n) is 10.6. The number of halogens is 1. The monoisotopic (exact) mass is 267 g/mol. The Bertz CT molecular complexity index is 421. The van der Waals surface area contributed by atoms with Gasteiger partial charge in [-0.2, -0.15) is 0 Å². The zero-order valence-corrected chi connectivity index (χ0v) is 10.6. The Morgan fingerprint density at radius 1 is 1.21 bits per heavy atom. The van der Waals surface area contributed by atoms with Gasteiger partial charge in [0.1, 0.15) is 18.0 Å². The van der Waals surface area contributed by atoms with Crippen LogP contribution >= 0.6 is 0 Å². The summed E-state index contributed by atoms with van der Waals surface area (Å²) < 4.78 is 18.9. The van der Waals surface area contributed by atoms with Gasteiger partial charge in [0, 0.05) is 5.69 Å². The summed E-state index contributed by atoms with van der Waals surface area (Å²) in [5.74, 6) is 0.117. The number of alkyl halides is 1. The molecule has 1 fully saturated rings. The van der Waals surface area contributed by atoms with E-state index in [1.807, 2.05) is 0 Å². The van der Waals surface area contributed by atoms with Crippen LogP contribution in [0.5, 0.6) is 5.75 Å². The average Bonchev–Trinajstić information content (AvgIpc) is 2.58. The fourth-order valence-corrected chi connectivity index (χ4v) is 2.19. The van der Waals surface area contributed by atoms with Crippen molar-refractivity contribution >= 4 is 11.8 Å². The number of ether oxygens (including phenoxy) is 1. The number of hydrogen-bond acceptors (Lipinski definition) is 3. The highest BCUT2D eigenvalue weighted by molar-refractivity contribution is 5.84. The summed E-state index contributed by atoms with van der Waals surface area (Å²) in [4.78, 5) is 11.7. The van der Waals surface area contributed by atoms with Crippen molar-refractivity contribution in [3.8, 4) is 5.75 Å². The Balaban J connectivity index is 1.87. The lowest BCUT2D eigenvalue weighted by Crippen LogP contribution is -2.29. The van der Waals surface area contributed by atoms with Crippen LogP contribution in [0, 0.1) is 0 Å². The molecule has 0 aromatic heterocycles. The second kappa shape index (κ2) is 6.41. The lowest BCUT2D eigenvalue weighted by molar-refractivity contribution is 0.0486. The molecule has 0 aliphatic heterocycles. The molecule has 19 heavy (non-hydrogen) atoms. The molecule has 1 aliphatic carbocycles. The van der Waals surface area contributed by atoms with E-state index < -0.39 is 18.4 Å². The second-order valence-electron chi connectivity index (χ2n) is 4.77. The van der Waals surface area contributed by atoms with Crippen molar-refractivity contribution in [1.82, 2.24) is 0 Å². The number of carbonyl (C=O) groups is 1. The number of carbonyl (C=O) groups excluding carboxylic acids is 1. The smallest absolute Gasteiger partial charge is 0.411 e. The van der Waals surface area contributed by atoms with Crippen molar-refractivity contribution in [3.05, 3.63) is 24.3 Å². The molecule has 0 saturated heterocycles. The van der Waals surface area contributed by atoms with Crippen LogP contribution < -0.4 is 5.32 Å². The molecule has 0 heterocycles. The third kappa shape index (κ3) is 4.12. The Hall–Kier alpha value is -1.78. The highest BCUT2D eigenvalue weighted by Gasteiger charge is 2.26. The first-order chi connectivity index (χ1) is 9.15. The van der Waals surface area contributed by atoms with E-state index in [-0.39, 0.29) is 5.75 Å². The largest absolute Gasteiger partial charge is 0.508 e. The van der Waals surface area contributed by atoms with Gasteiger partial charge >= 0.3 is 6.09 Å². The molecule has 2 N–H and O–H groups in total. The lowest BCUT2D eigenvalue weighted by atomic mass is 10.1. The molecule has 0 radical (unpaired) electrons. The first-order valence-electron chi connectivity index (χ1n) is 6.56. The summed E-state index contributed by atoms with van der Waals surface area (Å²) in [7, 11) is 0. The van der Waals surface area contributed by atoms with Crippen LogP contribution in [0.3, 0.4) is 0 Å². The molecular weight excluding hydrogens is 249 g/mol. The van der Waals surface area contributed by atoms with Crippen LogP contribution in [0.15, 0.2) is 24.3 Å². The fraction of sp³-hybridized carbons (Fsp3) is 0.500. The van der Waals surface area contributed by atoms with Crippen LogP contribution in [0.1, 0.15) is 32.1 Å². The van der Waals surface area contributed by atoms with E-state index >= 15 is 0 Å². The number of aromatic hydroxyl groups is 1. The number of anilines is 1. The van der Waals surface area contributed by atoms with E-state index in [0.717, 1.165) is 19.3 Å². The summed E-state index contributed by atoms with van der Waals surface area (Å²) in [5, 5.41) is 11.6.